The lowest BCUT2D eigenvalue weighted by Gasteiger charge is -2.24. The van der Waals surface area contributed by atoms with E-state index in [1.54, 1.807) is 0 Å². The molecule has 7 nitrogen and oxygen atoms in total. The molecule has 1 atom stereocenters. The first-order valence-electron chi connectivity index (χ1n) is 8.11. The normalized spacial score (nSPS) is 19.5. The van der Waals surface area contributed by atoms with Gasteiger partial charge in [0.2, 0.25) is 5.91 Å². The van der Waals surface area contributed by atoms with Crippen LogP contribution in [0.4, 0.5) is 0 Å². The molecule has 0 aromatic carbocycles. The van der Waals surface area contributed by atoms with Gasteiger partial charge < -0.3 is 19.7 Å². The molecule has 24 heavy (non-hydrogen) atoms. The van der Waals surface area contributed by atoms with E-state index in [1.807, 2.05) is 12.2 Å². The van der Waals surface area contributed by atoms with Gasteiger partial charge in [-0.15, -0.1) is 0 Å². The number of hydrogen-bond acceptors (Lipinski definition) is 5. The lowest BCUT2D eigenvalue weighted by atomic mass is 10.2. The largest absolute Gasteiger partial charge is 0.508 e. The Bertz CT molecular complexity index is 720. The number of rotatable bonds is 6. The summed E-state index contributed by atoms with van der Waals surface area (Å²) in [6.07, 6.45) is 7.52. The fraction of sp³-hybridized carbons (Fsp3) is 0.471. The van der Waals surface area contributed by atoms with Crippen molar-refractivity contribution in [1.29, 1.82) is 0 Å². The van der Waals surface area contributed by atoms with E-state index in [0.29, 0.717) is 25.4 Å². The smallest absolute Gasteiger partial charge is 0.340 e. The molecule has 0 radical (unpaired) electrons. The zero-order chi connectivity index (χ0) is 17.1. The van der Waals surface area contributed by atoms with Gasteiger partial charge in [0.15, 0.2) is 5.76 Å². The predicted molar refractivity (Wildman–Crippen MR) is 85.6 cm³/mol. The summed E-state index contributed by atoms with van der Waals surface area (Å²) in [6.45, 7) is 0.676. The number of amides is 2. The summed E-state index contributed by atoms with van der Waals surface area (Å²) in [6, 6.07) is 1.72. The molecule has 1 aliphatic carbocycles. The van der Waals surface area contributed by atoms with Gasteiger partial charge in [-0.25, -0.2) is 4.79 Å². The van der Waals surface area contributed by atoms with Crippen molar-refractivity contribution < 1.29 is 19.1 Å². The fourth-order valence-corrected chi connectivity index (χ4v) is 2.74. The van der Waals surface area contributed by atoms with Crippen molar-refractivity contribution in [2.75, 3.05) is 13.1 Å². The summed E-state index contributed by atoms with van der Waals surface area (Å²) in [5, 5.41) is 12.3. The Morgan fingerprint density at radius 1 is 1.33 bits per heavy atom. The summed E-state index contributed by atoms with van der Waals surface area (Å²) < 4.78 is 4.86. The maximum Gasteiger partial charge on any atom is 0.340 e. The molecule has 128 valence electrons. The minimum atomic E-state index is -0.782. The Kier molecular flexibility index (Phi) is 4.69. The maximum atomic E-state index is 12.5. The first-order valence-corrected chi connectivity index (χ1v) is 8.11. The minimum absolute atomic E-state index is 0.0153. The predicted octanol–water partition coefficient (Wildman–Crippen LogP) is 1.03. The highest BCUT2D eigenvalue weighted by molar-refractivity contribution is 5.92. The first kappa shape index (κ1) is 16.3. The number of nitrogens with zero attached hydrogens (tertiary/aromatic N) is 1. The van der Waals surface area contributed by atoms with Crippen molar-refractivity contribution in [3.63, 3.8) is 0 Å². The first-order chi connectivity index (χ1) is 11.5. The van der Waals surface area contributed by atoms with E-state index in [2.05, 4.69) is 5.32 Å². The van der Waals surface area contributed by atoms with Crippen molar-refractivity contribution in [3.05, 3.63) is 40.5 Å². The SMILES string of the molecule is O=C(CCC1CC1)NCC1C=CCN1C(=O)c1cc(O)cc(=O)o1. The van der Waals surface area contributed by atoms with Gasteiger partial charge >= 0.3 is 5.63 Å². The van der Waals surface area contributed by atoms with Gasteiger partial charge in [0, 0.05) is 25.6 Å². The van der Waals surface area contributed by atoms with Crippen LogP contribution in [0.15, 0.2) is 33.5 Å². The summed E-state index contributed by atoms with van der Waals surface area (Å²) in [4.78, 5) is 37.1. The quantitative estimate of drug-likeness (QED) is 0.758. The van der Waals surface area contributed by atoms with Crippen LogP contribution in [-0.2, 0) is 4.79 Å². The molecule has 1 fully saturated rings. The van der Waals surface area contributed by atoms with Crippen LogP contribution in [0.5, 0.6) is 5.75 Å². The third kappa shape index (κ3) is 4.04. The third-order valence-corrected chi connectivity index (χ3v) is 4.27. The number of aromatic hydroxyl groups is 1. The molecule has 0 spiro atoms. The van der Waals surface area contributed by atoms with Gasteiger partial charge in [0.1, 0.15) is 5.75 Å². The molecule has 1 unspecified atom stereocenters. The second-order valence-corrected chi connectivity index (χ2v) is 6.24. The Labute approximate surface area is 139 Å². The van der Waals surface area contributed by atoms with Crippen LogP contribution in [0.25, 0.3) is 0 Å². The fourth-order valence-electron chi connectivity index (χ4n) is 2.74. The maximum absolute atomic E-state index is 12.5. The molecule has 2 N–H and O–H groups in total. The average Bonchev–Trinajstić information content (AvgIpc) is 3.25. The molecule has 1 aromatic heterocycles. The standard InChI is InChI=1S/C17H20N2O5/c20-13-8-14(24-16(22)9-13)17(23)19-7-1-2-12(19)10-18-15(21)6-5-11-3-4-11/h1-2,8-9,11-12,20H,3-7,10H2,(H,18,21). The number of nitrogens with one attached hydrogen (secondary N) is 1. The third-order valence-electron chi connectivity index (χ3n) is 4.27. The molecule has 1 saturated carbocycles. The number of carbonyl (C=O) groups excluding carboxylic acids is 2. The number of carbonyl (C=O) groups is 2. The van der Waals surface area contributed by atoms with Crippen LogP contribution in [0.2, 0.25) is 0 Å². The molecule has 2 aliphatic rings. The van der Waals surface area contributed by atoms with E-state index in [4.69, 9.17) is 4.42 Å². The molecule has 2 heterocycles. The van der Waals surface area contributed by atoms with Gasteiger partial charge in [-0.05, 0) is 12.3 Å². The molecule has 1 aliphatic heterocycles. The average molecular weight is 332 g/mol. The lowest BCUT2D eigenvalue weighted by molar-refractivity contribution is -0.121. The van der Waals surface area contributed by atoms with Crippen molar-refractivity contribution in [3.8, 4) is 5.75 Å². The van der Waals surface area contributed by atoms with Gasteiger partial charge in [0.05, 0.1) is 12.1 Å². The van der Waals surface area contributed by atoms with Crippen molar-refractivity contribution >= 4 is 11.8 Å². The second-order valence-electron chi connectivity index (χ2n) is 6.24. The Hall–Kier alpha value is -2.57. The number of hydrogen-bond donors (Lipinski definition) is 2. The summed E-state index contributed by atoms with van der Waals surface area (Å²) in [5.41, 5.74) is -0.782. The summed E-state index contributed by atoms with van der Waals surface area (Å²) in [7, 11) is 0. The summed E-state index contributed by atoms with van der Waals surface area (Å²) in [5.74, 6) is -0.335. The van der Waals surface area contributed by atoms with Crippen LogP contribution in [-0.4, -0.2) is 41.0 Å². The highest BCUT2D eigenvalue weighted by atomic mass is 16.4. The summed E-state index contributed by atoms with van der Waals surface area (Å²) >= 11 is 0. The highest BCUT2D eigenvalue weighted by Crippen LogP contribution is 2.33. The van der Waals surface area contributed by atoms with E-state index in [1.165, 1.54) is 17.7 Å². The molecule has 0 saturated heterocycles. The van der Waals surface area contributed by atoms with Crippen molar-refractivity contribution in [2.24, 2.45) is 5.92 Å². The second kappa shape index (κ2) is 6.90. The molecular formula is C17H20N2O5. The highest BCUT2D eigenvalue weighted by Gasteiger charge is 2.28. The van der Waals surface area contributed by atoms with Gasteiger partial charge in [-0.2, -0.15) is 0 Å². The van der Waals surface area contributed by atoms with E-state index in [0.717, 1.165) is 18.6 Å². The Morgan fingerprint density at radius 2 is 2.12 bits per heavy atom. The minimum Gasteiger partial charge on any atom is -0.508 e. The van der Waals surface area contributed by atoms with Gasteiger partial charge in [-0.1, -0.05) is 25.0 Å². The molecule has 0 bridgehead atoms. The van der Waals surface area contributed by atoms with Crippen LogP contribution in [0.3, 0.4) is 0 Å². The molecular weight excluding hydrogens is 312 g/mol. The van der Waals surface area contributed by atoms with E-state index in [9.17, 15) is 19.5 Å². The van der Waals surface area contributed by atoms with Crippen LogP contribution < -0.4 is 10.9 Å². The Balaban J connectivity index is 1.57. The van der Waals surface area contributed by atoms with Gasteiger partial charge in [-0.3, -0.25) is 9.59 Å². The monoisotopic (exact) mass is 332 g/mol. The van der Waals surface area contributed by atoms with Gasteiger partial charge in [0.25, 0.3) is 5.91 Å². The lowest BCUT2D eigenvalue weighted by Crippen LogP contribution is -2.43. The van der Waals surface area contributed by atoms with Crippen molar-refractivity contribution in [1.82, 2.24) is 10.2 Å². The zero-order valence-corrected chi connectivity index (χ0v) is 13.2. The topological polar surface area (TPSA) is 99.9 Å². The van der Waals surface area contributed by atoms with Crippen LogP contribution >= 0.6 is 0 Å². The van der Waals surface area contributed by atoms with Crippen molar-refractivity contribution in [2.45, 2.75) is 31.7 Å². The zero-order valence-electron chi connectivity index (χ0n) is 13.2. The van der Waals surface area contributed by atoms with Crippen LogP contribution in [0, 0.1) is 5.92 Å². The van der Waals surface area contributed by atoms with E-state index >= 15 is 0 Å². The Morgan fingerprint density at radius 3 is 2.83 bits per heavy atom. The molecule has 1 aromatic rings. The molecule has 2 amide bonds. The van der Waals surface area contributed by atoms with E-state index < -0.39 is 11.5 Å². The van der Waals surface area contributed by atoms with E-state index in [-0.39, 0.29) is 23.5 Å². The van der Waals surface area contributed by atoms with Crippen LogP contribution in [0.1, 0.15) is 36.2 Å². The molecule has 3 rings (SSSR count). The molecule has 7 heteroatoms.